The first kappa shape index (κ1) is 33.8. The second-order valence-electron chi connectivity index (χ2n) is 13.0. The lowest BCUT2D eigenvalue weighted by Crippen LogP contribution is -2.66. The van der Waals surface area contributed by atoms with Gasteiger partial charge in [0, 0.05) is 5.92 Å². The van der Waals surface area contributed by atoms with Crippen LogP contribution in [0.4, 0.5) is 13.2 Å². The molecule has 0 heterocycles. The molecule has 242 valence electrons. The fraction of sp³-hybridized carbons (Fsp3) is 0.594. The van der Waals surface area contributed by atoms with Crippen LogP contribution >= 0.6 is 0 Å². The number of alkyl halides is 3. The number of carbonyl (C=O) groups excluding carboxylic acids is 2. The van der Waals surface area contributed by atoms with Crippen molar-refractivity contribution in [3.05, 3.63) is 59.2 Å². The van der Waals surface area contributed by atoms with Gasteiger partial charge < -0.3 is 30.5 Å². The van der Waals surface area contributed by atoms with Gasteiger partial charge in [0.05, 0.1) is 12.0 Å². The average molecular weight is 624 g/mol. The number of Topliss-reactive ketones (excluding diaryl/α,β-unsaturated/α-hetero) is 1. The van der Waals surface area contributed by atoms with Crippen LogP contribution in [0.1, 0.15) is 39.7 Å². The summed E-state index contributed by atoms with van der Waals surface area (Å²) in [6.45, 7) is 7.51. The maximum atomic E-state index is 14.4. The molecule has 0 amide bonds. The Labute approximate surface area is 253 Å². The number of ketones is 1. The van der Waals surface area contributed by atoms with Gasteiger partial charge in [-0.3, -0.25) is 9.59 Å². The van der Waals surface area contributed by atoms with Gasteiger partial charge in [-0.15, -0.1) is 0 Å². The van der Waals surface area contributed by atoms with E-state index in [4.69, 9.17) is 14.6 Å². The lowest BCUT2D eigenvalue weighted by atomic mass is 9.59. The number of allylic oxidation sites excluding steroid dienone is 1. The van der Waals surface area contributed by atoms with Crippen molar-refractivity contribution in [1.29, 1.82) is 0 Å². The summed E-state index contributed by atoms with van der Waals surface area (Å²) < 4.78 is 37.7. The molecule has 4 aliphatic carbocycles. The van der Waals surface area contributed by atoms with E-state index in [1.54, 1.807) is 26.1 Å². The highest BCUT2D eigenvalue weighted by atomic mass is 19.4. The molecule has 1 aromatic rings. The van der Waals surface area contributed by atoms with Gasteiger partial charge in [0.2, 0.25) is 0 Å². The lowest BCUT2D eigenvalue weighted by molar-refractivity contribution is -0.204. The molecule has 44 heavy (non-hydrogen) atoms. The maximum absolute atomic E-state index is 14.4. The Morgan fingerprint density at radius 3 is 2.30 bits per heavy atom. The molecule has 12 heteroatoms. The number of hydrogen-bond donors (Lipinski definition) is 5. The molecular formula is C32H40F3NO8. The minimum atomic E-state index is -5.08. The monoisotopic (exact) mass is 623 g/mol. The number of fused-ring (bicyclic) bond motifs is 3. The molecule has 4 aliphatic rings. The summed E-state index contributed by atoms with van der Waals surface area (Å²) in [5, 5.41) is 44.5. The normalized spacial score (nSPS) is 35.8. The van der Waals surface area contributed by atoms with Gasteiger partial charge in [-0.2, -0.15) is 13.2 Å². The molecule has 2 fully saturated rings. The Balaban J connectivity index is 0.000000566. The van der Waals surface area contributed by atoms with Crippen molar-refractivity contribution >= 4 is 17.7 Å². The van der Waals surface area contributed by atoms with Crippen LogP contribution in [0.3, 0.4) is 0 Å². The van der Waals surface area contributed by atoms with Gasteiger partial charge >= 0.3 is 18.1 Å². The number of aliphatic hydroxyl groups excluding tert-OH is 2. The van der Waals surface area contributed by atoms with Crippen LogP contribution in [0.25, 0.3) is 0 Å². The summed E-state index contributed by atoms with van der Waals surface area (Å²) in [7, 11) is 1.67. The van der Waals surface area contributed by atoms with Crippen LogP contribution in [-0.4, -0.2) is 81.8 Å². The zero-order valence-electron chi connectivity index (χ0n) is 25.3. The van der Waals surface area contributed by atoms with Crippen LogP contribution < -0.4 is 5.32 Å². The molecule has 0 saturated heterocycles. The number of esters is 1. The summed E-state index contributed by atoms with van der Waals surface area (Å²) in [4.78, 5) is 36.7. The van der Waals surface area contributed by atoms with E-state index in [1.165, 1.54) is 0 Å². The molecule has 1 unspecified atom stereocenters. The van der Waals surface area contributed by atoms with E-state index in [9.17, 15) is 38.1 Å². The number of nitrogens with one attached hydrogen (secondary N) is 1. The summed E-state index contributed by atoms with van der Waals surface area (Å²) in [6, 6.07) is 8.86. The molecule has 0 aromatic heterocycles. The number of ether oxygens (including phenoxy) is 1. The van der Waals surface area contributed by atoms with Crippen molar-refractivity contribution in [3.63, 3.8) is 0 Å². The molecule has 9 nitrogen and oxygen atoms in total. The van der Waals surface area contributed by atoms with E-state index in [0.717, 1.165) is 12.0 Å². The first-order chi connectivity index (χ1) is 20.4. The molecule has 2 saturated carbocycles. The minimum Gasteiger partial charge on any atom is -0.475 e. The Morgan fingerprint density at radius 1 is 1.18 bits per heavy atom. The molecule has 2 bridgehead atoms. The number of carboxylic acid groups (broad SMARTS) is 1. The number of carbonyl (C=O) groups is 3. The predicted octanol–water partition coefficient (Wildman–Crippen LogP) is 2.83. The van der Waals surface area contributed by atoms with Gasteiger partial charge in [-0.05, 0) is 66.7 Å². The Bertz CT molecular complexity index is 1360. The fourth-order valence-corrected chi connectivity index (χ4v) is 7.94. The smallest absolute Gasteiger partial charge is 0.475 e. The predicted molar refractivity (Wildman–Crippen MR) is 152 cm³/mol. The molecule has 5 rings (SSSR count). The number of aliphatic carboxylic acids is 1. The summed E-state index contributed by atoms with van der Waals surface area (Å²) in [6.07, 6.45) is -3.34. The Kier molecular flexibility index (Phi) is 9.00. The van der Waals surface area contributed by atoms with Crippen LogP contribution in [0, 0.1) is 34.5 Å². The SMILES string of the molecule is CNC(Cc1ccccc1)C(=O)O[C@H]1C(C)=C[C@]23C(=O)[C@@H](C=C(CO)[C@@H](O)[C@]12O)[C@H]1[C@@H](C[C@H]3C)C1(C)C.O=C(O)C(F)(F)F. The molecule has 1 spiro atoms. The molecule has 0 aliphatic heterocycles. The zero-order chi connectivity index (χ0) is 33.0. The third-order valence-corrected chi connectivity index (χ3v) is 10.3. The first-order valence-electron chi connectivity index (χ1n) is 14.6. The number of carboxylic acids is 1. The van der Waals surface area contributed by atoms with E-state index in [-0.39, 0.29) is 28.6 Å². The van der Waals surface area contributed by atoms with Crippen LogP contribution in [0.5, 0.6) is 0 Å². The van der Waals surface area contributed by atoms with Crippen molar-refractivity contribution in [3.8, 4) is 0 Å². The van der Waals surface area contributed by atoms with Gasteiger partial charge in [-0.1, -0.05) is 63.3 Å². The van der Waals surface area contributed by atoms with Gasteiger partial charge in [0.1, 0.15) is 12.1 Å². The van der Waals surface area contributed by atoms with Gasteiger partial charge in [0.25, 0.3) is 0 Å². The Hall–Kier alpha value is -3.06. The highest BCUT2D eigenvalue weighted by Crippen LogP contribution is 2.71. The van der Waals surface area contributed by atoms with Gasteiger partial charge in [0.15, 0.2) is 17.5 Å². The second-order valence-corrected chi connectivity index (χ2v) is 13.0. The highest BCUT2D eigenvalue weighted by molar-refractivity contribution is 5.95. The van der Waals surface area contributed by atoms with Crippen LogP contribution in [0.15, 0.2) is 53.6 Å². The van der Waals surface area contributed by atoms with Crippen molar-refractivity contribution < 1.29 is 52.7 Å². The molecule has 5 N–H and O–H groups in total. The van der Waals surface area contributed by atoms with Crippen molar-refractivity contribution in [1.82, 2.24) is 5.32 Å². The summed E-state index contributed by atoms with van der Waals surface area (Å²) in [5.41, 5.74) is -1.91. The first-order valence-corrected chi connectivity index (χ1v) is 14.6. The second kappa shape index (κ2) is 11.7. The van der Waals surface area contributed by atoms with E-state index in [0.29, 0.717) is 17.9 Å². The van der Waals surface area contributed by atoms with Crippen molar-refractivity contribution in [2.75, 3.05) is 13.7 Å². The number of likely N-dealkylation sites (N-methyl/N-ethyl adjacent to an activating group) is 1. The largest absolute Gasteiger partial charge is 0.490 e. The van der Waals surface area contributed by atoms with E-state index >= 15 is 0 Å². The third kappa shape index (κ3) is 5.29. The summed E-state index contributed by atoms with van der Waals surface area (Å²) >= 11 is 0. The van der Waals surface area contributed by atoms with Crippen LogP contribution in [0.2, 0.25) is 0 Å². The molecule has 1 aromatic carbocycles. The number of hydrogen-bond acceptors (Lipinski definition) is 8. The lowest BCUT2D eigenvalue weighted by Gasteiger charge is -2.49. The third-order valence-electron chi connectivity index (χ3n) is 10.3. The molecule has 9 atom stereocenters. The van der Waals surface area contributed by atoms with Crippen molar-refractivity contribution in [2.24, 2.45) is 34.5 Å². The van der Waals surface area contributed by atoms with Gasteiger partial charge in [-0.25, -0.2) is 4.79 Å². The fourth-order valence-electron chi connectivity index (χ4n) is 7.94. The standard InChI is InChI=1S/C30H39NO6.C2HF3O2/c1-16-14-29-17(2)11-21-23(28(21,3)4)20(25(29)34)13-19(15-32)24(33)30(29,36)26(16)37-27(35)22(31-5)12-18-9-7-6-8-10-18;3-2(4,5)1(6)7/h6-10,13-14,17,20-24,26,31-33,36H,11-12,15H2,1-5H3;(H,6,7)/t17-,20+,21-,22?,23+,24-,26+,29+,30+;/m1./s1. The topological polar surface area (TPSA) is 153 Å². The number of benzene rings is 1. The van der Waals surface area contributed by atoms with Crippen LogP contribution in [-0.2, 0) is 25.5 Å². The Morgan fingerprint density at radius 2 is 1.77 bits per heavy atom. The van der Waals surface area contributed by atoms with E-state index in [1.807, 2.05) is 37.3 Å². The molecular weight excluding hydrogens is 583 g/mol. The molecule has 0 radical (unpaired) electrons. The summed E-state index contributed by atoms with van der Waals surface area (Å²) in [5.74, 6) is -3.95. The average Bonchev–Trinajstić information content (AvgIpc) is 3.45. The highest BCUT2D eigenvalue weighted by Gasteiger charge is 2.76. The zero-order valence-corrected chi connectivity index (χ0v) is 25.3. The number of halogens is 3. The quantitative estimate of drug-likeness (QED) is 0.238. The van der Waals surface area contributed by atoms with E-state index < -0.39 is 59.9 Å². The maximum Gasteiger partial charge on any atom is 0.490 e. The number of aliphatic hydroxyl groups is 3. The van der Waals surface area contributed by atoms with E-state index in [2.05, 4.69) is 19.2 Å². The van der Waals surface area contributed by atoms with Crippen molar-refractivity contribution in [2.45, 2.75) is 70.6 Å². The minimum absolute atomic E-state index is 0.0403. The number of rotatable bonds is 6.